The molecule has 0 aromatic heterocycles. The normalized spacial score (nSPS) is 19.4. The third-order valence-electron chi connectivity index (χ3n) is 5.59. The van der Waals surface area contributed by atoms with Crippen molar-refractivity contribution in [2.45, 2.75) is 25.8 Å². The maximum atomic E-state index is 12.4. The molecule has 1 amide bonds. The van der Waals surface area contributed by atoms with Gasteiger partial charge in [-0.05, 0) is 36.1 Å². The molecule has 3 aliphatic rings. The third-order valence-corrected chi connectivity index (χ3v) is 5.59. The summed E-state index contributed by atoms with van der Waals surface area (Å²) in [5.41, 5.74) is 3.50. The van der Waals surface area contributed by atoms with Crippen LogP contribution in [0.2, 0.25) is 0 Å². The SMILES string of the molecule is O=C(O)c1ccc(CN2C=NC3=C(C2)CN(C(=O)OCN2CCCC2)CC3)cc1. The topological polar surface area (TPSA) is 85.7 Å². The largest absolute Gasteiger partial charge is 0.478 e. The number of amides is 1. The zero-order chi connectivity index (χ0) is 20.2. The smallest absolute Gasteiger partial charge is 0.411 e. The fourth-order valence-corrected chi connectivity index (χ4v) is 3.94. The first-order valence-corrected chi connectivity index (χ1v) is 10.0. The molecule has 4 rings (SSSR count). The van der Waals surface area contributed by atoms with E-state index >= 15 is 0 Å². The predicted molar refractivity (Wildman–Crippen MR) is 108 cm³/mol. The number of carbonyl (C=O) groups excluding carboxylic acids is 1. The number of hydrogen-bond acceptors (Lipinski definition) is 6. The van der Waals surface area contributed by atoms with E-state index in [0.717, 1.165) is 36.3 Å². The number of aromatic carboxylic acids is 1. The molecular weight excluding hydrogens is 372 g/mol. The van der Waals surface area contributed by atoms with E-state index in [1.807, 2.05) is 18.5 Å². The summed E-state index contributed by atoms with van der Waals surface area (Å²) >= 11 is 0. The van der Waals surface area contributed by atoms with Crippen LogP contribution in [-0.2, 0) is 11.3 Å². The molecule has 3 aliphatic heterocycles. The number of carboxylic acids is 1. The van der Waals surface area contributed by atoms with Gasteiger partial charge in [-0.15, -0.1) is 0 Å². The van der Waals surface area contributed by atoms with E-state index in [0.29, 0.717) is 32.9 Å². The minimum absolute atomic E-state index is 0.256. The van der Waals surface area contributed by atoms with Crippen molar-refractivity contribution >= 4 is 18.4 Å². The molecule has 0 bridgehead atoms. The van der Waals surface area contributed by atoms with Gasteiger partial charge in [-0.3, -0.25) is 4.90 Å². The number of likely N-dealkylation sites (tertiary alicyclic amines) is 1. The highest BCUT2D eigenvalue weighted by Gasteiger charge is 2.27. The fraction of sp³-hybridized carbons (Fsp3) is 0.476. The average molecular weight is 398 g/mol. The molecule has 3 heterocycles. The van der Waals surface area contributed by atoms with Crippen molar-refractivity contribution in [3.63, 3.8) is 0 Å². The molecule has 0 spiro atoms. The van der Waals surface area contributed by atoms with E-state index in [2.05, 4.69) is 14.8 Å². The highest BCUT2D eigenvalue weighted by atomic mass is 16.6. The Morgan fingerprint density at radius 1 is 1.07 bits per heavy atom. The van der Waals surface area contributed by atoms with Crippen molar-refractivity contribution in [2.24, 2.45) is 4.99 Å². The first kappa shape index (κ1) is 19.4. The van der Waals surface area contributed by atoms with Gasteiger partial charge in [0.25, 0.3) is 0 Å². The summed E-state index contributed by atoms with van der Waals surface area (Å²) in [6, 6.07) is 6.87. The molecule has 0 aliphatic carbocycles. The Balaban J connectivity index is 1.31. The summed E-state index contributed by atoms with van der Waals surface area (Å²) in [5, 5.41) is 9.01. The molecule has 1 aromatic rings. The Kier molecular flexibility index (Phi) is 5.80. The van der Waals surface area contributed by atoms with Crippen molar-refractivity contribution in [1.29, 1.82) is 0 Å². The van der Waals surface area contributed by atoms with Crippen molar-refractivity contribution in [1.82, 2.24) is 14.7 Å². The van der Waals surface area contributed by atoms with Crippen LogP contribution in [0, 0.1) is 0 Å². The Hall–Kier alpha value is -2.87. The van der Waals surface area contributed by atoms with Gasteiger partial charge in [-0.2, -0.15) is 0 Å². The van der Waals surface area contributed by atoms with Gasteiger partial charge >= 0.3 is 12.1 Å². The van der Waals surface area contributed by atoms with Crippen LogP contribution >= 0.6 is 0 Å². The van der Waals surface area contributed by atoms with Gasteiger partial charge in [-0.25, -0.2) is 14.6 Å². The molecule has 0 saturated carbocycles. The number of benzene rings is 1. The maximum absolute atomic E-state index is 12.4. The molecule has 0 unspecified atom stereocenters. The van der Waals surface area contributed by atoms with E-state index in [9.17, 15) is 9.59 Å². The van der Waals surface area contributed by atoms with Crippen molar-refractivity contribution in [2.75, 3.05) is 39.5 Å². The van der Waals surface area contributed by atoms with Crippen LogP contribution in [0.4, 0.5) is 4.79 Å². The molecule has 8 heteroatoms. The summed E-state index contributed by atoms with van der Waals surface area (Å²) in [6.07, 6.45) is 4.67. The van der Waals surface area contributed by atoms with Gasteiger partial charge in [0.05, 0.1) is 11.9 Å². The van der Waals surface area contributed by atoms with Crippen LogP contribution in [0.15, 0.2) is 40.5 Å². The fourth-order valence-electron chi connectivity index (χ4n) is 3.94. The summed E-state index contributed by atoms with van der Waals surface area (Å²) in [5.74, 6) is -0.926. The number of rotatable bonds is 5. The molecule has 1 saturated heterocycles. The summed E-state index contributed by atoms with van der Waals surface area (Å²) < 4.78 is 5.49. The molecule has 29 heavy (non-hydrogen) atoms. The van der Waals surface area contributed by atoms with Crippen molar-refractivity contribution in [3.8, 4) is 0 Å². The van der Waals surface area contributed by atoms with Gasteiger partial charge in [0.2, 0.25) is 0 Å². The number of carbonyl (C=O) groups is 2. The van der Waals surface area contributed by atoms with Crippen LogP contribution in [0.3, 0.4) is 0 Å². The molecule has 1 N–H and O–H groups in total. The van der Waals surface area contributed by atoms with Gasteiger partial charge in [0, 0.05) is 51.4 Å². The van der Waals surface area contributed by atoms with E-state index < -0.39 is 5.97 Å². The predicted octanol–water partition coefficient (Wildman–Crippen LogP) is 2.38. The Labute approximate surface area is 170 Å². The second-order valence-electron chi connectivity index (χ2n) is 7.74. The van der Waals surface area contributed by atoms with Gasteiger partial charge in [0.1, 0.15) is 6.73 Å². The van der Waals surface area contributed by atoms with Crippen LogP contribution in [0.5, 0.6) is 0 Å². The average Bonchev–Trinajstić information content (AvgIpc) is 3.25. The minimum atomic E-state index is -0.926. The first-order valence-electron chi connectivity index (χ1n) is 10.0. The Morgan fingerprint density at radius 2 is 1.83 bits per heavy atom. The quantitative estimate of drug-likeness (QED) is 0.820. The maximum Gasteiger partial charge on any atom is 0.411 e. The second-order valence-corrected chi connectivity index (χ2v) is 7.74. The summed E-state index contributed by atoms with van der Waals surface area (Å²) in [7, 11) is 0. The molecule has 0 atom stereocenters. The highest BCUT2D eigenvalue weighted by Crippen LogP contribution is 2.24. The molecule has 0 radical (unpaired) electrons. The van der Waals surface area contributed by atoms with Crippen LogP contribution in [-0.4, -0.2) is 77.7 Å². The standard InChI is InChI=1S/C21H26N4O4/c26-20(27)17-5-3-16(4-6-17)11-24-12-18-13-25(10-7-19(18)22-14-24)21(28)29-15-23-8-1-2-9-23/h3-6,14H,1-2,7-13,15H2,(H,26,27). The van der Waals surface area contributed by atoms with E-state index in [4.69, 9.17) is 9.84 Å². The number of aliphatic imine (C=N–C) groups is 1. The van der Waals surface area contributed by atoms with Gasteiger partial charge < -0.3 is 19.6 Å². The van der Waals surface area contributed by atoms with Crippen LogP contribution in [0.1, 0.15) is 35.2 Å². The minimum Gasteiger partial charge on any atom is -0.478 e. The monoisotopic (exact) mass is 398 g/mol. The van der Waals surface area contributed by atoms with Crippen molar-refractivity contribution < 1.29 is 19.4 Å². The number of carboxylic acid groups (broad SMARTS) is 1. The van der Waals surface area contributed by atoms with E-state index in [-0.39, 0.29) is 11.7 Å². The van der Waals surface area contributed by atoms with Gasteiger partial charge in [-0.1, -0.05) is 12.1 Å². The zero-order valence-corrected chi connectivity index (χ0v) is 16.4. The Morgan fingerprint density at radius 3 is 2.55 bits per heavy atom. The lowest BCUT2D eigenvalue weighted by atomic mass is 10.0. The van der Waals surface area contributed by atoms with Gasteiger partial charge in [0.15, 0.2) is 0 Å². The van der Waals surface area contributed by atoms with Crippen LogP contribution in [0.25, 0.3) is 0 Å². The van der Waals surface area contributed by atoms with E-state index in [1.54, 1.807) is 17.0 Å². The summed E-state index contributed by atoms with van der Waals surface area (Å²) in [6.45, 7) is 4.89. The third kappa shape index (κ3) is 4.76. The molecular formula is C21H26N4O4. The summed E-state index contributed by atoms with van der Waals surface area (Å²) in [4.78, 5) is 34.0. The van der Waals surface area contributed by atoms with E-state index in [1.165, 1.54) is 12.8 Å². The first-order chi connectivity index (χ1) is 14.1. The zero-order valence-electron chi connectivity index (χ0n) is 16.4. The number of nitrogens with zero attached hydrogens (tertiary/aromatic N) is 4. The lowest BCUT2D eigenvalue weighted by molar-refractivity contribution is 0.0543. The highest BCUT2D eigenvalue weighted by molar-refractivity contribution is 5.87. The molecule has 8 nitrogen and oxygen atoms in total. The molecule has 1 fully saturated rings. The van der Waals surface area contributed by atoms with Crippen molar-refractivity contribution in [3.05, 3.63) is 46.7 Å². The lowest BCUT2D eigenvalue weighted by Crippen LogP contribution is -2.42. The number of ether oxygens (including phenoxy) is 1. The molecule has 1 aromatic carbocycles. The van der Waals surface area contributed by atoms with Crippen LogP contribution < -0.4 is 0 Å². The Bertz CT molecular complexity index is 828. The molecule has 154 valence electrons. The number of hydrogen-bond donors (Lipinski definition) is 1. The second kappa shape index (κ2) is 8.65. The lowest BCUT2D eigenvalue weighted by Gasteiger charge is -2.34.